The summed E-state index contributed by atoms with van der Waals surface area (Å²) in [7, 11) is 1.96. The van der Waals surface area contributed by atoms with Crippen LogP contribution in [-0.2, 0) is 17.8 Å². The van der Waals surface area contributed by atoms with Crippen LogP contribution in [0.3, 0.4) is 0 Å². The van der Waals surface area contributed by atoms with Crippen LogP contribution in [0.15, 0.2) is 12.5 Å². The monoisotopic (exact) mass is 209 g/mol. The molecule has 1 aromatic rings. The van der Waals surface area contributed by atoms with E-state index in [1.807, 2.05) is 19.6 Å². The first-order valence-electron chi connectivity index (χ1n) is 5.61. The minimum atomic E-state index is 0.753. The van der Waals surface area contributed by atoms with Crippen molar-refractivity contribution in [1.29, 1.82) is 0 Å². The molecule has 15 heavy (non-hydrogen) atoms. The smallest absolute Gasteiger partial charge is 0.0948 e. The molecule has 2 rings (SSSR count). The molecule has 0 bridgehead atoms. The molecule has 1 aromatic heterocycles. The second-order valence-electron chi connectivity index (χ2n) is 4.12. The second-order valence-corrected chi connectivity index (χ2v) is 4.12. The van der Waals surface area contributed by atoms with Crippen LogP contribution >= 0.6 is 0 Å². The third-order valence-electron chi connectivity index (χ3n) is 2.95. The van der Waals surface area contributed by atoms with Crippen molar-refractivity contribution in [2.75, 3.05) is 20.3 Å². The molecule has 2 heterocycles. The highest BCUT2D eigenvalue weighted by atomic mass is 16.5. The Hall–Kier alpha value is -0.870. The van der Waals surface area contributed by atoms with Gasteiger partial charge in [0.25, 0.3) is 0 Å². The molecule has 1 aliphatic heterocycles. The molecule has 0 radical (unpaired) electrons. The minimum Gasteiger partial charge on any atom is -0.381 e. The van der Waals surface area contributed by atoms with Gasteiger partial charge in [0.1, 0.15) is 0 Å². The summed E-state index contributed by atoms with van der Waals surface area (Å²) in [5, 5.41) is 3.16. The molecule has 0 atom stereocenters. The Labute approximate surface area is 90.6 Å². The molecule has 0 aliphatic carbocycles. The summed E-state index contributed by atoms with van der Waals surface area (Å²) in [6.07, 6.45) is 6.23. The highest BCUT2D eigenvalue weighted by Crippen LogP contribution is 2.17. The van der Waals surface area contributed by atoms with Gasteiger partial charge in [-0.2, -0.15) is 0 Å². The minimum absolute atomic E-state index is 0.753. The Kier molecular flexibility index (Phi) is 3.75. The van der Waals surface area contributed by atoms with Crippen molar-refractivity contribution >= 4 is 0 Å². The first kappa shape index (κ1) is 10.6. The predicted molar refractivity (Wildman–Crippen MR) is 58.5 cm³/mol. The Bertz CT molecular complexity index is 292. The fourth-order valence-corrected chi connectivity index (χ4v) is 2.05. The largest absolute Gasteiger partial charge is 0.381 e. The van der Waals surface area contributed by atoms with Crippen LogP contribution in [-0.4, -0.2) is 29.8 Å². The Morgan fingerprint density at radius 3 is 3.07 bits per heavy atom. The molecule has 84 valence electrons. The summed E-state index contributed by atoms with van der Waals surface area (Å²) in [5.74, 6) is 0.753. The molecular weight excluding hydrogens is 190 g/mol. The molecule has 4 nitrogen and oxygen atoms in total. The average molecular weight is 209 g/mol. The predicted octanol–water partition coefficient (Wildman–Crippen LogP) is 1.03. The first-order chi connectivity index (χ1) is 7.40. The third-order valence-corrected chi connectivity index (χ3v) is 2.95. The SMILES string of the molecule is CNCc1cncn1CC1CCOCC1. The van der Waals surface area contributed by atoms with Gasteiger partial charge in [0.15, 0.2) is 0 Å². The number of hydrogen-bond acceptors (Lipinski definition) is 3. The lowest BCUT2D eigenvalue weighted by Crippen LogP contribution is -2.21. The van der Waals surface area contributed by atoms with Crippen LogP contribution in [0, 0.1) is 5.92 Å². The Balaban J connectivity index is 1.93. The summed E-state index contributed by atoms with van der Waals surface area (Å²) in [4.78, 5) is 4.20. The van der Waals surface area contributed by atoms with Crippen LogP contribution in [0.5, 0.6) is 0 Å². The molecule has 1 saturated heterocycles. The van der Waals surface area contributed by atoms with Crippen LogP contribution in [0.4, 0.5) is 0 Å². The van der Waals surface area contributed by atoms with Gasteiger partial charge in [-0.3, -0.25) is 0 Å². The van der Waals surface area contributed by atoms with E-state index in [-0.39, 0.29) is 0 Å². The molecule has 1 aliphatic rings. The second kappa shape index (κ2) is 5.28. The third kappa shape index (κ3) is 2.79. The lowest BCUT2D eigenvalue weighted by molar-refractivity contribution is 0.0610. The van der Waals surface area contributed by atoms with Crippen LogP contribution in [0.25, 0.3) is 0 Å². The summed E-state index contributed by atoms with van der Waals surface area (Å²) in [5.41, 5.74) is 1.27. The van der Waals surface area contributed by atoms with Crippen molar-refractivity contribution in [2.24, 2.45) is 5.92 Å². The summed E-state index contributed by atoms with van der Waals surface area (Å²) in [6, 6.07) is 0. The van der Waals surface area contributed by atoms with Gasteiger partial charge in [-0.25, -0.2) is 4.98 Å². The van der Waals surface area contributed by atoms with Gasteiger partial charge in [-0.1, -0.05) is 0 Å². The van der Waals surface area contributed by atoms with Gasteiger partial charge in [-0.05, 0) is 25.8 Å². The van der Waals surface area contributed by atoms with Gasteiger partial charge in [-0.15, -0.1) is 0 Å². The van der Waals surface area contributed by atoms with E-state index in [0.29, 0.717) is 0 Å². The Morgan fingerprint density at radius 2 is 2.33 bits per heavy atom. The molecule has 0 amide bonds. The highest BCUT2D eigenvalue weighted by molar-refractivity contribution is 4.98. The van der Waals surface area contributed by atoms with E-state index in [1.165, 1.54) is 18.5 Å². The molecule has 0 aromatic carbocycles. The van der Waals surface area contributed by atoms with Gasteiger partial charge < -0.3 is 14.6 Å². The highest BCUT2D eigenvalue weighted by Gasteiger charge is 2.15. The maximum absolute atomic E-state index is 5.36. The molecule has 4 heteroatoms. The number of ether oxygens (including phenoxy) is 1. The average Bonchev–Trinajstić information content (AvgIpc) is 2.68. The Morgan fingerprint density at radius 1 is 1.53 bits per heavy atom. The zero-order valence-electron chi connectivity index (χ0n) is 9.28. The lowest BCUT2D eigenvalue weighted by atomic mass is 10.0. The van der Waals surface area contributed by atoms with E-state index in [0.717, 1.165) is 32.2 Å². The maximum atomic E-state index is 5.36. The summed E-state index contributed by atoms with van der Waals surface area (Å²) >= 11 is 0. The molecule has 1 N–H and O–H groups in total. The van der Waals surface area contributed by atoms with Crippen molar-refractivity contribution in [3.05, 3.63) is 18.2 Å². The van der Waals surface area contributed by atoms with Gasteiger partial charge in [0, 0.05) is 32.5 Å². The van der Waals surface area contributed by atoms with E-state index in [2.05, 4.69) is 14.9 Å². The number of nitrogens with one attached hydrogen (secondary N) is 1. The number of nitrogens with zero attached hydrogens (tertiary/aromatic N) is 2. The van der Waals surface area contributed by atoms with Crippen LogP contribution < -0.4 is 5.32 Å². The van der Waals surface area contributed by atoms with Crippen LogP contribution in [0.1, 0.15) is 18.5 Å². The number of rotatable bonds is 4. The van der Waals surface area contributed by atoms with Crippen molar-refractivity contribution in [2.45, 2.75) is 25.9 Å². The van der Waals surface area contributed by atoms with Crippen molar-refractivity contribution in [3.63, 3.8) is 0 Å². The van der Waals surface area contributed by atoms with E-state index in [4.69, 9.17) is 4.74 Å². The fraction of sp³-hybridized carbons (Fsp3) is 0.727. The zero-order valence-corrected chi connectivity index (χ0v) is 9.28. The van der Waals surface area contributed by atoms with E-state index < -0.39 is 0 Å². The number of hydrogen-bond donors (Lipinski definition) is 1. The van der Waals surface area contributed by atoms with Crippen molar-refractivity contribution in [3.8, 4) is 0 Å². The number of imidazole rings is 1. The van der Waals surface area contributed by atoms with Crippen molar-refractivity contribution in [1.82, 2.24) is 14.9 Å². The van der Waals surface area contributed by atoms with Gasteiger partial charge in [0.2, 0.25) is 0 Å². The summed E-state index contributed by atoms with van der Waals surface area (Å²) in [6.45, 7) is 3.81. The molecule has 1 fully saturated rings. The standard InChI is InChI=1S/C11H19N3O/c1-12-6-11-7-13-9-14(11)8-10-2-4-15-5-3-10/h7,9-10,12H,2-6,8H2,1H3. The fourth-order valence-electron chi connectivity index (χ4n) is 2.05. The topological polar surface area (TPSA) is 39.1 Å². The van der Waals surface area contributed by atoms with Crippen molar-refractivity contribution < 1.29 is 4.74 Å². The maximum Gasteiger partial charge on any atom is 0.0948 e. The summed E-state index contributed by atoms with van der Waals surface area (Å²) < 4.78 is 7.62. The quantitative estimate of drug-likeness (QED) is 0.805. The van der Waals surface area contributed by atoms with Crippen LogP contribution in [0.2, 0.25) is 0 Å². The first-order valence-corrected chi connectivity index (χ1v) is 5.61. The lowest BCUT2D eigenvalue weighted by Gasteiger charge is -2.23. The van der Waals surface area contributed by atoms with E-state index in [9.17, 15) is 0 Å². The molecule has 0 unspecified atom stereocenters. The molecule has 0 saturated carbocycles. The molecule has 0 spiro atoms. The number of aromatic nitrogens is 2. The molecular formula is C11H19N3O. The van der Waals surface area contributed by atoms with Gasteiger partial charge in [0.05, 0.1) is 12.0 Å². The van der Waals surface area contributed by atoms with E-state index in [1.54, 1.807) is 0 Å². The van der Waals surface area contributed by atoms with E-state index >= 15 is 0 Å². The van der Waals surface area contributed by atoms with Gasteiger partial charge >= 0.3 is 0 Å². The normalized spacial score (nSPS) is 18.2. The zero-order chi connectivity index (χ0) is 10.5.